The van der Waals surface area contributed by atoms with Crippen molar-refractivity contribution in [3.05, 3.63) is 58.7 Å². The van der Waals surface area contributed by atoms with Crippen LogP contribution >= 0.6 is 0 Å². The molecule has 0 aliphatic carbocycles. The van der Waals surface area contributed by atoms with E-state index >= 15 is 0 Å². The van der Waals surface area contributed by atoms with E-state index in [1.807, 2.05) is 13.8 Å². The van der Waals surface area contributed by atoms with Crippen molar-refractivity contribution in [1.82, 2.24) is 5.32 Å². The smallest absolute Gasteiger partial charge is 0.322 e. The Morgan fingerprint density at radius 1 is 1.04 bits per heavy atom. The van der Waals surface area contributed by atoms with E-state index in [4.69, 9.17) is 9.84 Å². The van der Waals surface area contributed by atoms with E-state index in [1.54, 1.807) is 43.5 Å². The molecule has 7 heteroatoms. The van der Waals surface area contributed by atoms with Crippen molar-refractivity contribution in [3.8, 4) is 5.75 Å². The quantitative estimate of drug-likeness (QED) is 0.694. The number of amides is 2. The number of methoxy groups -OCH3 is 1. The van der Waals surface area contributed by atoms with Crippen molar-refractivity contribution in [1.29, 1.82) is 0 Å². The highest BCUT2D eigenvalue weighted by Gasteiger charge is 2.12. The summed E-state index contributed by atoms with van der Waals surface area (Å²) in [5.41, 5.74) is 3.60. The lowest BCUT2D eigenvalue weighted by molar-refractivity contribution is -0.137. The molecule has 0 saturated carbocycles. The molecule has 0 heterocycles. The van der Waals surface area contributed by atoms with E-state index in [0.29, 0.717) is 16.8 Å². The summed E-state index contributed by atoms with van der Waals surface area (Å²) in [7, 11) is 1.60. The van der Waals surface area contributed by atoms with Crippen LogP contribution in [0.2, 0.25) is 0 Å². The van der Waals surface area contributed by atoms with Crippen molar-refractivity contribution < 1.29 is 24.2 Å². The van der Waals surface area contributed by atoms with E-state index in [2.05, 4.69) is 10.6 Å². The summed E-state index contributed by atoms with van der Waals surface area (Å²) in [6.45, 7) is 3.35. The summed E-state index contributed by atoms with van der Waals surface area (Å²) in [5.74, 6) is -0.948. The van der Waals surface area contributed by atoms with Crippen LogP contribution < -0.4 is 15.4 Å². The number of hydrogen-bond donors (Lipinski definition) is 3. The molecular formula is C20H22N2O5. The molecule has 0 saturated heterocycles. The van der Waals surface area contributed by atoms with E-state index in [9.17, 15) is 14.4 Å². The second kappa shape index (κ2) is 8.84. The predicted molar refractivity (Wildman–Crippen MR) is 101 cm³/mol. The van der Waals surface area contributed by atoms with Gasteiger partial charge in [0.05, 0.1) is 13.5 Å². The van der Waals surface area contributed by atoms with Gasteiger partial charge >= 0.3 is 5.97 Å². The number of carboxylic acid groups (broad SMARTS) is 1. The van der Waals surface area contributed by atoms with Crippen molar-refractivity contribution >= 4 is 23.5 Å². The first kappa shape index (κ1) is 20.0. The standard InChI is InChI=1S/C20H22N2O5/c1-12-8-15(9-13(2)19(12)27-3)20(26)22-16-6-4-14(5-7-16)10-17(23)21-11-18(24)25/h4-9H,10-11H2,1-3H3,(H,21,23)(H,22,26)(H,24,25). The second-order valence-corrected chi connectivity index (χ2v) is 6.14. The Morgan fingerprint density at radius 2 is 1.63 bits per heavy atom. The molecule has 0 atom stereocenters. The average molecular weight is 370 g/mol. The van der Waals surface area contributed by atoms with Gasteiger partial charge in [0, 0.05) is 11.3 Å². The Morgan fingerprint density at radius 3 is 2.15 bits per heavy atom. The van der Waals surface area contributed by atoms with Crippen LogP contribution in [0.3, 0.4) is 0 Å². The summed E-state index contributed by atoms with van der Waals surface area (Å²) >= 11 is 0. The number of nitrogens with one attached hydrogen (secondary N) is 2. The first-order valence-corrected chi connectivity index (χ1v) is 8.34. The molecular weight excluding hydrogens is 348 g/mol. The first-order chi connectivity index (χ1) is 12.8. The third kappa shape index (κ3) is 5.57. The maximum atomic E-state index is 12.5. The SMILES string of the molecule is COc1c(C)cc(C(=O)Nc2ccc(CC(=O)NCC(=O)O)cc2)cc1C. The molecule has 0 aliphatic rings. The van der Waals surface area contributed by atoms with Crippen molar-refractivity contribution in [2.45, 2.75) is 20.3 Å². The van der Waals surface area contributed by atoms with Crippen molar-refractivity contribution in [2.24, 2.45) is 0 Å². The van der Waals surface area contributed by atoms with Gasteiger partial charge in [0.15, 0.2) is 0 Å². The monoisotopic (exact) mass is 370 g/mol. The highest BCUT2D eigenvalue weighted by atomic mass is 16.5. The summed E-state index contributed by atoms with van der Waals surface area (Å²) in [6, 6.07) is 10.3. The van der Waals surface area contributed by atoms with Crippen molar-refractivity contribution in [2.75, 3.05) is 19.0 Å². The van der Waals surface area contributed by atoms with Gasteiger partial charge in [0.2, 0.25) is 5.91 Å². The summed E-state index contributed by atoms with van der Waals surface area (Å²) < 4.78 is 5.31. The second-order valence-electron chi connectivity index (χ2n) is 6.14. The molecule has 0 aromatic heterocycles. The molecule has 0 unspecified atom stereocenters. The highest BCUT2D eigenvalue weighted by molar-refractivity contribution is 6.04. The maximum absolute atomic E-state index is 12.5. The molecule has 2 aromatic carbocycles. The number of rotatable bonds is 7. The third-order valence-electron chi connectivity index (χ3n) is 3.94. The molecule has 2 aromatic rings. The van der Waals surface area contributed by atoms with E-state index in [0.717, 1.165) is 16.9 Å². The Labute approximate surface area is 157 Å². The average Bonchev–Trinajstić information content (AvgIpc) is 2.61. The fourth-order valence-corrected chi connectivity index (χ4v) is 2.73. The van der Waals surface area contributed by atoms with Crippen LogP contribution in [0.4, 0.5) is 5.69 Å². The third-order valence-corrected chi connectivity index (χ3v) is 3.94. The Kier molecular flexibility index (Phi) is 6.54. The molecule has 2 rings (SSSR count). The van der Waals surface area contributed by atoms with Crippen molar-refractivity contribution in [3.63, 3.8) is 0 Å². The number of anilines is 1. The molecule has 7 nitrogen and oxygen atoms in total. The van der Waals surface area contributed by atoms with Gasteiger partial charge in [0.1, 0.15) is 12.3 Å². The number of aryl methyl sites for hydroxylation is 2. The molecule has 0 radical (unpaired) electrons. The minimum Gasteiger partial charge on any atom is -0.496 e. The predicted octanol–water partition coefficient (Wildman–Crippen LogP) is 2.31. The summed E-state index contributed by atoms with van der Waals surface area (Å²) in [6.07, 6.45) is 0.0678. The minimum absolute atomic E-state index is 0.0678. The zero-order chi connectivity index (χ0) is 20.0. The normalized spacial score (nSPS) is 10.2. The van der Waals surface area contributed by atoms with Gasteiger partial charge in [-0.1, -0.05) is 12.1 Å². The molecule has 0 fully saturated rings. The van der Waals surface area contributed by atoms with Gasteiger partial charge in [-0.2, -0.15) is 0 Å². The minimum atomic E-state index is -1.09. The summed E-state index contributed by atoms with van der Waals surface area (Å²) in [5, 5.41) is 13.7. The highest BCUT2D eigenvalue weighted by Crippen LogP contribution is 2.24. The Bertz CT molecular complexity index is 836. The molecule has 142 valence electrons. The van der Waals surface area contributed by atoms with Gasteiger partial charge in [-0.25, -0.2) is 0 Å². The van der Waals surface area contributed by atoms with Crippen LogP contribution in [0.1, 0.15) is 27.0 Å². The number of aliphatic carboxylic acids is 1. The Hall–Kier alpha value is -3.35. The van der Waals surface area contributed by atoms with E-state index < -0.39 is 12.5 Å². The number of hydrogen-bond acceptors (Lipinski definition) is 4. The molecule has 27 heavy (non-hydrogen) atoms. The lowest BCUT2D eigenvalue weighted by Gasteiger charge is -2.12. The van der Waals surface area contributed by atoms with Gasteiger partial charge in [0.25, 0.3) is 5.91 Å². The molecule has 0 aliphatic heterocycles. The molecule has 2 amide bonds. The number of ether oxygens (including phenoxy) is 1. The fraction of sp³-hybridized carbons (Fsp3) is 0.250. The number of benzene rings is 2. The maximum Gasteiger partial charge on any atom is 0.322 e. The van der Waals surface area contributed by atoms with E-state index in [-0.39, 0.29) is 18.2 Å². The zero-order valence-corrected chi connectivity index (χ0v) is 15.5. The van der Waals surface area contributed by atoms with Crippen LogP contribution in [-0.4, -0.2) is 36.5 Å². The van der Waals surface area contributed by atoms with Crippen LogP contribution in [0.5, 0.6) is 5.75 Å². The van der Waals surface area contributed by atoms with Gasteiger partial charge < -0.3 is 20.5 Å². The first-order valence-electron chi connectivity index (χ1n) is 8.34. The number of carbonyl (C=O) groups is 3. The van der Waals surface area contributed by atoms with Gasteiger partial charge in [-0.15, -0.1) is 0 Å². The fourth-order valence-electron chi connectivity index (χ4n) is 2.73. The van der Waals surface area contributed by atoms with Crippen LogP contribution in [-0.2, 0) is 16.0 Å². The number of carboxylic acids is 1. The lowest BCUT2D eigenvalue weighted by atomic mass is 10.0. The molecule has 0 spiro atoms. The van der Waals surface area contributed by atoms with Crippen LogP contribution in [0.15, 0.2) is 36.4 Å². The van der Waals surface area contributed by atoms with Gasteiger partial charge in [-0.3, -0.25) is 14.4 Å². The Balaban J connectivity index is 2.01. The van der Waals surface area contributed by atoms with Crippen LogP contribution in [0, 0.1) is 13.8 Å². The zero-order valence-electron chi connectivity index (χ0n) is 15.5. The van der Waals surface area contributed by atoms with Crippen LogP contribution in [0.25, 0.3) is 0 Å². The molecule has 3 N–H and O–H groups in total. The summed E-state index contributed by atoms with van der Waals surface area (Å²) in [4.78, 5) is 34.5. The topological polar surface area (TPSA) is 105 Å². The molecule has 0 bridgehead atoms. The van der Waals surface area contributed by atoms with E-state index in [1.165, 1.54) is 0 Å². The largest absolute Gasteiger partial charge is 0.496 e. The lowest BCUT2D eigenvalue weighted by Crippen LogP contribution is -2.30. The number of carbonyl (C=O) groups excluding carboxylic acids is 2. The van der Waals surface area contributed by atoms with Gasteiger partial charge in [-0.05, 0) is 54.8 Å².